The fourth-order valence-electron chi connectivity index (χ4n) is 2.97. The van der Waals surface area contributed by atoms with Gasteiger partial charge in [-0.2, -0.15) is 0 Å². The smallest absolute Gasteiger partial charge is 0.261 e. The highest BCUT2D eigenvalue weighted by molar-refractivity contribution is 6.21. The third-order valence-corrected chi connectivity index (χ3v) is 3.88. The first-order valence-corrected chi connectivity index (χ1v) is 6.41. The van der Waals surface area contributed by atoms with Crippen molar-refractivity contribution in [1.29, 1.82) is 0 Å². The van der Waals surface area contributed by atoms with E-state index >= 15 is 0 Å². The lowest BCUT2D eigenvalue weighted by atomic mass is 9.90. The van der Waals surface area contributed by atoms with Gasteiger partial charge in [0, 0.05) is 12.1 Å². The van der Waals surface area contributed by atoms with Gasteiger partial charge in [-0.3, -0.25) is 14.5 Å². The summed E-state index contributed by atoms with van der Waals surface area (Å²) in [7, 11) is 0. The Morgan fingerprint density at radius 2 is 1.67 bits per heavy atom. The fourth-order valence-corrected chi connectivity index (χ4v) is 2.97. The first-order valence-electron chi connectivity index (χ1n) is 6.41. The third-order valence-electron chi connectivity index (χ3n) is 3.88. The lowest BCUT2D eigenvalue weighted by molar-refractivity contribution is 0.0541. The number of amides is 2. The van der Waals surface area contributed by atoms with Crippen molar-refractivity contribution < 1.29 is 9.59 Å². The van der Waals surface area contributed by atoms with Gasteiger partial charge < -0.3 is 5.73 Å². The second kappa shape index (κ2) is 4.21. The van der Waals surface area contributed by atoms with E-state index in [4.69, 9.17) is 5.73 Å². The van der Waals surface area contributed by atoms with E-state index in [1.165, 1.54) is 4.90 Å². The van der Waals surface area contributed by atoms with Gasteiger partial charge in [0.05, 0.1) is 11.1 Å². The average Bonchev–Trinajstić information content (AvgIpc) is 2.63. The fraction of sp³-hybridized carbons (Fsp3) is 0.429. The summed E-state index contributed by atoms with van der Waals surface area (Å²) in [6.45, 7) is 0. The summed E-state index contributed by atoms with van der Waals surface area (Å²) in [5, 5.41) is 0. The molecule has 2 atom stereocenters. The zero-order chi connectivity index (χ0) is 12.7. The quantitative estimate of drug-likeness (QED) is 0.762. The van der Waals surface area contributed by atoms with E-state index in [0.717, 1.165) is 25.7 Å². The van der Waals surface area contributed by atoms with Crippen molar-refractivity contribution in [3.63, 3.8) is 0 Å². The van der Waals surface area contributed by atoms with Crippen LogP contribution in [0.2, 0.25) is 0 Å². The van der Waals surface area contributed by atoms with Crippen molar-refractivity contribution in [1.82, 2.24) is 4.90 Å². The van der Waals surface area contributed by atoms with E-state index in [-0.39, 0.29) is 23.9 Å². The van der Waals surface area contributed by atoms with Gasteiger partial charge in [-0.15, -0.1) is 0 Å². The minimum atomic E-state index is -0.158. The molecule has 2 unspecified atom stereocenters. The van der Waals surface area contributed by atoms with Crippen molar-refractivity contribution in [2.24, 2.45) is 5.73 Å². The molecule has 1 aliphatic carbocycles. The molecule has 0 spiro atoms. The zero-order valence-electron chi connectivity index (χ0n) is 10.1. The lowest BCUT2D eigenvalue weighted by Gasteiger charge is -2.32. The van der Waals surface area contributed by atoms with E-state index in [1.807, 2.05) is 0 Å². The van der Waals surface area contributed by atoms with Gasteiger partial charge in [-0.1, -0.05) is 12.1 Å². The Kier molecular flexibility index (Phi) is 2.67. The van der Waals surface area contributed by atoms with Gasteiger partial charge in [0.2, 0.25) is 0 Å². The molecule has 0 saturated heterocycles. The zero-order valence-corrected chi connectivity index (χ0v) is 10.1. The summed E-state index contributed by atoms with van der Waals surface area (Å²) in [5.74, 6) is -0.315. The molecular formula is C14H16N2O2. The Hall–Kier alpha value is -1.68. The molecule has 1 fully saturated rings. The number of imide groups is 1. The van der Waals surface area contributed by atoms with E-state index in [0.29, 0.717) is 11.1 Å². The molecule has 94 valence electrons. The predicted molar refractivity (Wildman–Crippen MR) is 67.2 cm³/mol. The molecule has 2 aliphatic rings. The lowest BCUT2D eigenvalue weighted by Crippen LogP contribution is -2.45. The monoisotopic (exact) mass is 244 g/mol. The Bertz CT molecular complexity index is 477. The Balaban J connectivity index is 1.92. The van der Waals surface area contributed by atoms with Gasteiger partial charge in [-0.25, -0.2) is 0 Å². The molecule has 2 N–H and O–H groups in total. The molecule has 1 saturated carbocycles. The summed E-state index contributed by atoms with van der Waals surface area (Å²) in [4.78, 5) is 26.0. The Morgan fingerprint density at radius 1 is 1.06 bits per heavy atom. The van der Waals surface area contributed by atoms with Gasteiger partial charge in [0.25, 0.3) is 11.8 Å². The van der Waals surface area contributed by atoms with Crippen LogP contribution >= 0.6 is 0 Å². The molecule has 1 aromatic rings. The summed E-state index contributed by atoms with van der Waals surface area (Å²) in [5.41, 5.74) is 7.00. The largest absolute Gasteiger partial charge is 0.328 e. The van der Waals surface area contributed by atoms with Crippen molar-refractivity contribution >= 4 is 11.8 Å². The molecule has 3 rings (SSSR count). The molecule has 1 aromatic carbocycles. The average molecular weight is 244 g/mol. The van der Waals surface area contributed by atoms with Crippen LogP contribution in [0, 0.1) is 0 Å². The molecule has 4 heteroatoms. The van der Waals surface area contributed by atoms with Crippen molar-refractivity contribution in [3.8, 4) is 0 Å². The van der Waals surface area contributed by atoms with E-state index < -0.39 is 0 Å². The van der Waals surface area contributed by atoms with Crippen LogP contribution in [0.3, 0.4) is 0 Å². The highest BCUT2D eigenvalue weighted by Crippen LogP contribution is 2.30. The Morgan fingerprint density at radius 3 is 2.22 bits per heavy atom. The number of carbonyl (C=O) groups is 2. The SMILES string of the molecule is NC1CCCC(N2C(=O)c3ccccc3C2=O)C1. The number of nitrogens with zero attached hydrogens (tertiary/aromatic N) is 1. The van der Waals surface area contributed by atoms with Gasteiger partial charge >= 0.3 is 0 Å². The number of hydrogen-bond donors (Lipinski definition) is 1. The number of nitrogens with two attached hydrogens (primary N) is 1. The maximum absolute atomic E-state index is 12.3. The standard InChI is InChI=1S/C14H16N2O2/c15-9-4-3-5-10(8-9)16-13(17)11-6-1-2-7-12(11)14(16)18/h1-2,6-7,9-10H,3-5,8,15H2. The van der Waals surface area contributed by atoms with E-state index in [2.05, 4.69) is 0 Å². The number of rotatable bonds is 1. The maximum Gasteiger partial charge on any atom is 0.261 e. The summed E-state index contributed by atoms with van der Waals surface area (Å²) in [6, 6.07) is 7.10. The molecule has 1 heterocycles. The molecule has 0 aromatic heterocycles. The topological polar surface area (TPSA) is 63.4 Å². The Labute approximate surface area is 106 Å². The maximum atomic E-state index is 12.3. The first-order chi connectivity index (χ1) is 8.68. The molecular weight excluding hydrogens is 228 g/mol. The summed E-state index contributed by atoms with van der Waals surface area (Å²) in [6.07, 6.45) is 3.57. The molecule has 1 aliphatic heterocycles. The second-order valence-electron chi connectivity index (χ2n) is 5.11. The molecule has 18 heavy (non-hydrogen) atoms. The van der Waals surface area contributed by atoms with Crippen LogP contribution in [-0.2, 0) is 0 Å². The number of hydrogen-bond acceptors (Lipinski definition) is 3. The van der Waals surface area contributed by atoms with Crippen LogP contribution in [0.4, 0.5) is 0 Å². The van der Waals surface area contributed by atoms with Crippen LogP contribution < -0.4 is 5.73 Å². The molecule has 0 bridgehead atoms. The van der Waals surface area contributed by atoms with Crippen LogP contribution in [0.1, 0.15) is 46.4 Å². The highest BCUT2D eigenvalue weighted by atomic mass is 16.2. The van der Waals surface area contributed by atoms with Gasteiger partial charge in [0.1, 0.15) is 0 Å². The van der Waals surface area contributed by atoms with Crippen LogP contribution in [-0.4, -0.2) is 28.8 Å². The third kappa shape index (κ3) is 1.64. The first kappa shape index (κ1) is 11.4. The highest BCUT2D eigenvalue weighted by Gasteiger charge is 2.40. The van der Waals surface area contributed by atoms with E-state index in [9.17, 15) is 9.59 Å². The van der Waals surface area contributed by atoms with Gasteiger partial charge in [0.15, 0.2) is 0 Å². The minimum absolute atomic E-state index is 0.0267. The normalized spacial score (nSPS) is 27.5. The molecule has 0 radical (unpaired) electrons. The summed E-state index contributed by atoms with van der Waals surface area (Å²) < 4.78 is 0. The number of carbonyl (C=O) groups excluding carboxylic acids is 2. The number of benzene rings is 1. The molecule has 2 amide bonds. The van der Waals surface area contributed by atoms with Crippen LogP contribution in [0.5, 0.6) is 0 Å². The minimum Gasteiger partial charge on any atom is -0.328 e. The van der Waals surface area contributed by atoms with E-state index in [1.54, 1.807) is 24.3 Å². The van der Waals surface area contributed by atoms with Crippen molar-refractivity contribution in [2.45, 2.75) is 37.8 Å². The summed E-state index contributed by atoms with van der Waals surface area (Å²) >= 11 is 0. The second-order valence-corrected chi connectivity index (χ2v) is 5.11. The number of fused-ring (bicyclic) bond motifs is 1. The van der Waals surface area contributed by atoms with Crippen LogP contribution in [0.15, 0.2) is 24.3 Å². The van der Waals surface area contributed by atoms with Crippen LogP contribution in [0.25, 0.3) is 0 Å². The predicted octanol–water partition coefficient (Wildman–Crippen LogP) is 1.55. The van der Waals surface area contributed by atoms with Crippen molar-refractivity contribution in [2.75, 3.05) is 0 Å². The van der Waals surface area contributed by atoms with Crippen molar-refractivity contribution in [3.05, 3.63) is 35.4 Å². The molecule has 4 nitrogen and oxygen atoms in total. The van der Waals surface area contributed by atoms with Gasteiger partial charge in [-0.05, 0) is 37.8 Å².